The van der Waals surface area contributed by atoms with Crippen LogP contribution in [0, 0.1) is 5.82 Å². The molecule has 1 atom stereocenters. The van der Waals surface area contributed by atoms with Crippen LogP contribution in [0.1, 0.15) is 12.5 Å². The Hall–Kier alpha value is -1.35. The van der Waals surface area contributed by atoms with Gasteiger partial charge < -0.3 is 5.73 Å². The molecular weight excluding hydrogens is 288 g/mol. The van der Waals surface area contributed by atoms with Gasteiger partial charge in [0, 0.05) is 6.54 Å². The Labute approximate surface area is 107 Å². The number of hydrogen-bond acceptors (Lipinski definition) is 3. The van der Waals surface area contributed by atoms with Crippen LogP contribution in [0.5, 0.6) is 0 Å². The summed E-state index contributed by atoms with van der Waals surface area (Å²) in [5.41, 5.74) is 3.26. The van der Waals surface area contributed by atoms with Crippen molar-refractivity contribution in [2.24, 2.45) is 5.73 Å². The molecule has 1 rings (SSSR count). The highest BCUT2D eigenvalue weighted by atomic mass is 32.2. The number of benzene rings is 1. The molecule has 0 amide bonds. The van der Waals surface area contributed by atoms with Crippen molar-refractivity contribution in [2.75, 3.05) is 11.3 Å². The van der Waals surface area contributed by atoms with Crippen molar-refractivity contribution in [3.05, 3.63) is 29.6 Å². The molecule has 1 aromatic rings. The molecule has 0 heterocycles. The molecule has 0 aliphatic heterocycles. The number of sulfonamides is 1. The van der Waals surface area contributed by atoms with Crippen molar-refractivity contribution in [1.29, 1.82) is 0 Å². The van der Waals surface area contributed by atoms with Crippen LogP contribution < -0.4 is 10.5 Å². The van der Waals surface area contributed by atoms with Gasteiger partial charge >= 0.3 is 6.18 Å². The van der Waals surface area contributed by atoms with E-state index in [4.69, 9.17) is 5.73 Å². The molecular formula is C10H12F4N2O2S. The van der Waals surface area contributed by atoms with Gasteiger partial charge in [0.05, 0.1) is 16.5 Å². The van der Waals surface area contributed by atoms with E-state index < -0.39 is 38.5 Å². The van der Waals surface area contributed by atoms with Crippen molar-refractivity contribution in [3.8, 4) is 0 Å². The van der Waals surface area contributed by atoms with Gasteiger partial charge in [-0.15, -0.1) is 0 Å². The second kappa shape index (κ2) is 5.33. The lowest BCUT2D eigenvalue weighted by atomic mass is 10.2. The van der Waals surface area contributed by atoms with Gasteiger partial charge in [-0.05, 0) is 25.1 Å². The second-order valence-corrected chi connectivity index (χ2v) is 5.98. The summed E-state index contributed by atoms with van der Waals surface area (Å²) in [6.07, 6.45) is -4.69. The van der Waals surface area contributed by atoms with Crippen molar-refractivity contribution in [3.63, 3.8) is 0 Å². The maximum absolute atomic E-state index is 13.3. The molecule has 19 heavy (non-hydrogen) atoms. The van der Waals surface area contributed by atoms with Crippen molar-refractivity contribution < 1.29 is 26.0 Å². The summed E-state index contributed by atoms with van der Waals surface area (Å²) < 4.78 is 75.6. The van der Waals surface area contributed by atoms with E-state index in [2.05, 4.69) is 0 Å². The van der Waals surface area contributed by atoms with Crippen LogP contribution in [0.25, 0.3) is 0 Å². The Morgan fingerprint density at radius 3 is 2.42 bits per heavy atom. The lowest BCUT2D eigenvalue weighted by molar-refractivity contribution is -0.137. The summed E-state index contributed by atoms with van der Waals surface area (Å²) in [6.45, 7) is 1.02. The first-order chi connectivity index (χ1) is 8.58. The molecule has 0 fully saturated rings. The topological polar surface area (TPSA) is 72.2 Å². The highest BCUT2D eigenvalue weighted by Crippen LogP contribution is 2.32. The summed E-state index contributed by atoms with van der Waals surface area (Å²) in [4.78, 5) is 0. The Morgan fingerprint density at radius 1 is 1.37 bits per heavy atom. The molecule has 0 aliphatic rings. The molecule has 0 aromatic heterocycles. The Balaban J connectivity index is 3.15. The van der Waals surface area contributed by atoms with Crippen molar-refractivity contribution in [1.82, 2.24) is 0 Å². The predicted octanol–water partition coefficient (Wildman–Crippen LogP) is 1.93. The third-order valence-corrected chi connectivity index (χ3v) is 4.16. The van der Waals surface area contributed by atoms with E-state index in [1.54, 1.807) is 4.72 Å². The number of hydrogen-bond donors (Lipinski definition) is 2. The molecule has 0 bridgehead atoms. The maximum Gasteiger partial charge on any atom is 0.416 e. The van der Waals surface area contributed by atoms with Gasteiger partial charge in [-0.25, -0.2) is 12.8 Å². The van der Waals surface area contributed by atoms with E-state index in [1.807, 2.05) is 0 Å². The summed E-state index contributed by atoms with van der Waals surface area (Å²) >= 11 is 0. The fourth-order valence-corrected chi connectivity index (χ4v) is 2.08. The van der Waals surface area contributed by atoms with Crippen LogP contribution in [0.4, 0.5) is 23.2 Å². The first-order valence-electron chi connectivity index (χ1n) is 5.16. The molecule has 108 valence electrons. The third-order valence-electron chi connectivity index (χ3n) is 2.41. The lowest BCUT2D eigenvalue weighted by Crippen LogP contribution is -2.32. The Bertz CT molecular complexity index is 557. The molecule has 1 unspecified atom stereocenters. The first-order valence-corrected chi connectivity index (χ1v) is 6.71. The van der Waals surface area contributed by atoms with E-state index in [1.165, 1.54) is 6.92 Å². The van der Waals surface area contributed by atoms with E-state index in [9.17, 15) is 26.0 Å². The molecule has 4 nitrogen and oxygen atoms in total. The summed E-state index contributed by atoms with van der Waals surface area (Å²) in [6, 6.07) is 1.48. The molecule has 0 radical (unpaired) electrons. The van der Waals surface area contributed by atoms with Crippen LogP contribution in [-0.4, -0.2) is 20.2 Å². The van der Waals surface area contributed by atoms with Gasteiger partial charge in [-0.1, -0.05) is 0 Å². The van der Waals surface area contributed by atoms with Crippen LogP contribution in [-0.2, 0) is 16.2 Å². The molecule has 0 aliphatic carbocycles. The van der Waals surface area contributed by atoms with E-state index >= 15 is 0 Å². The number of halogens is 4. The van der Waals surface area contributed by atoms with Crippen molar-refractivity contribution >= 4 is 15.7 Å². The highest BCUT2D eigenvalue weighted by Gasteiger charge is 2.32. The monoisotopic (exact) mass is 300 g/mol. The second-order valence-electron chi connectivity index (χ2n) is 3.89. The fraction of sp³-hybridized carbons (Fsp3) is 0.400. The van der Waals surface area contributed by atoms with E-state index in [-0.39, 0.29) is 6.54 Å². The van der Waals surface area contributed by atoms with Gasteiger partial charge in [-0.2, -0.15) is 13.2 Å². The van der Waals surface area contributed by atoms with Gasteiger partial charge in [0.15, 0.2) is 0 Å². The first kappa shape index (κ1) is 15.7. The number of nitrogens with two attached hydrogens (primary N) is 1. The lowest BCUT2D eigenvalue weighted by Gasteiger charge is -2.15. The minimum Gasteiger partial charge on any atom is -0.329 e. The quantitative estimate of drug-likeness (QED) is 0.835. The predicted molar refractivity (Wildman–Crippen MR) is 62.5 cm³/mol. The minimum atomic E-state index is -4.69. The number of rotatable bonds is 4. The normalized spacial score (nSPS) is 14.2. The maximum atomic E-state index is 13.3. The van der Waals surface area contributed by atoms with Crippen LogP contribution in [0.2, 0.25) is 0 Å². The van der Waals surface area contributed by atoms with Crippen molar-refractivity contribution in [2.45, 2.75) is 18.3 Å². The van der Waals surface area contributed by atoms with Crippen LogP contribution in [0.3, 0.4) is 0 Å². The molecule has 9 heteroatoms. The molecule has 0 saturated carbocycles. The zero-order chi connectivity index (χ0) is 14.8. The SMILES string of the molecule is CC(CN)S(=O)(=O)Nc1cc(C(F)(F)F)ccc1F. The summed E-state index contributed by atoms with van der Waals surface area (Å²) in [5, 5.41) is -1.05. The van der Waals surface area contributed by atoms with Crippen LogP contribution >= 0.6 is 0 Å². The Kier molecular flexibility index (Phi) is 4.41. The van der Waals surface area contributed by atoms with Crippen LogP contribution in [0.15, 0.2) is 18.2 Å². The fourth-order valence-electron chi connectivity index (χ4n) is 1.16. The molecule has 0 spiro atoms. The minimum absolute atomic E-state index is 0.240. The van der Waals surface area contributed by atoms with E-state index in [0.717, 1.165) is 0 Å². The largest absolute Gasteiger partial charge is 0.416 e. The average molecular weight is 300 g/mol. The standard InChI is InChI=1S/C10H12F4N2O2S/c1-6(5-15)19(17,18)16-9-4-7(10(12,13)14)2-3-8(9)11/h2-4,6,16H,5,15H2,1H3. The van der Waals surface area contributed by atoms with E-state index in [0.29, 0.717) is 18.2 Å². The summed E-state index contributed by atoms with van der Waals surface area (Å²) in [5.74, 6) is -1.10. The molecule has 3 N–H and O–H groups in total. The smallest absolute Gasteiger partial charge is 0.329 e. The van der Waals surface area contributed by atoms with Gasteiger partial charge in [0.1, 0.15) is 5.82 Å². The average Bonchev–Trinajstić information content (AvgIpc) is 2.29. The number of alkyl halides is 3. The van der Waals surface area contributed by atoms with Gasteiger partial charge in [0.2, 0.25) is 10.0 Å². The zero-order valence-corrected chi connectivity index (χ0v) is 10.6. The molecule has 1 aromatic carbocycles. The molecule has 0 saturated heterocycles. The Morgan fingerprint density at radius 2 is 1.95 bits per heavy atom. The number of anilines is 1. The summed E-state index contributed by atoms with van der Waals surface area (Å²) in [7, 11) is -4.03. The zero-order valence-electron chi connectivity index (χ0n) is 9.83. The highest BCUT2D eigenvalue weighted by molar-refractivity contribution is 7.93. The van der Waals surface area contributed by atoms with Gasteiger partial charge in [0.25, 0.3) is 0 Å². The number of nitrogens with one attached hydrogen (secondary N) is 1. The van der Waals surface area contributed by atoms with Gasteiger partial charge in [-0.3, -0.25) is 4.72 Å². The third kappa shape index (κ3) is 3.80.